The molecule has 0 aromatic heterocycles. The van der Waals surface area contributed by atoms with Crippen LogP contribution in [0, 0.1) is 13.8 Å². The number of anilines is 1. The molecule has 1 amide bonds. The topological polar surface area (TPSA) is 55.8 Å². The number of para-hydroxylation sites is 1. The third kappa shape index (κ3) is 4.05. The van der Waals surface area contributed by atoms with E-state index in [2.05, 4.69) is 15.1 Å². The van der Waals surface area contributed by atoms with Crippen LogP contribution in [0.1, 0.15) is 49.7 Å². The summed E-state index contributed by atoms with van der Waals surface area (Å²) in [5, 5.41) is 13.6. The van der Waals surface area contributed by atoms with E-state index < -0.39 is 5.54 Å². The molecule has 1 heterocycles. The van der Waals surface area contributed by atoms with E-state index >= 15 is 0 Å². The van der Waals surface area contributed by atoms with Gasteiger partial charge >= 0.3 is 0 Å². The second-order valence-corrected chi connectivity index (χ2v) is 8.60. The fourth-order valence-corrected chi connectivity index (χ4v) is 4.86. The summed E-state index contributed by atoms with van der Waals surface area (Å²) in [6.07, 6.45) is 5.68. The lowest BCUT2D eigenvalue weighted by Gasteiger charge is -2.48. The summed E-state index contributed by atoms with van der Waals surface area (Å²) in [4.78, 5) is 17.9. The SMILES string of the molecule is Cc1cccc(C)c1NC(=O)C1(N(C)C)CCN([C@@H]2CCCC[C@@H]2O)CC1. The van der Waals surface area contributed by atoms with Gasteiger partial charge in [-0.3, -0.25) is 14.6 Å². The number of aliphatic hydroxyl groups excluding tert-OH is 1. The van der Waals surface area contributed by atoms with Crippen LogP contribution < -0.4 is 5.32 Å². The van der Waals surface area contributed by atoms with E-state index in [1.54, 1.807) is 0 Å². The first-order chi connectivity index (χ1) is 12.8. The molecular formula is C22H35N3O2. The summed E-state index contributed by atoms with van der Waals surface area (Å²) in [7, 11) is 4.02. The molecule has 0 bridgehead atoms. The summed E-state index contributed by atoms with van der Waals surface area (Å²) in [5.41, 5.74) is 2.64. The quantitative estimate of drug-likeness (QED) is 0.852. The molecule has 1 aromatic rings. The van der Waals surface area contributed by atoms with Crippen molar-refractivity contribution in [1.82, 2.24) is 9.80 Å². The third-order valence-corrected chi connectivity index (χ3v) is 6.79. The highest BCUT2D eigenvalue weighted by molar-refractivity contribution is 5.99. The number of aliphatic hydroxyl groups is 1. The Kier molecular flexibility index (Phi) is 6.24. The van der Waals surface area contributed by atoms with Crippen molar-refractivity contribution in [1.29, 1.82) is 0 Å². The Bertz CT molecular complexity index is 645. The zero-order chi connectivity index (χ0) is 19.6. The standard InChI is InChI=1S/C22H35N3O2/c1-16-8-7-9-17(2)20(16)23-21(27)22(24(3)4)12-14-25(15-13-22)18-10-5-6-11-19(18)26/h7-9,18-19,26H,5-6,10-15H2,1-4H3,(H,23,27)/t18-,19+/m1/s1. The van der Waals surface area contributed by atoms with Crippen LogP contribution in [-0.4, -0.2) is 65.7 Å². The fourth-order valence-electron chi connectivity index (χ4n) is 4.86. The van der Waals surface area contributed by atoms with E-state index in [0.29, 0.717) is 0 Å². The lowest BCUT2D eigenvalue weighted by molar-refractivity contribution is -0.130. The predicted octanol–water partition coefficient (Wildman–Crippen LogP) is 2.94. The van der Waals surface area contributed by atoms with Crippen LogP contribution in [-0.2, 0) is 4.79 Å². The molecule has 2 atom stereocenters. The summed E-state index contributed by atoms with van der Waals surface area (Å²) in [5.74, 6) is 0.0914. The van der Waals surface area contributed by atoms with E-state index in [-0.39, 0.29) is 18.1 Å². The highest BCUT2D eigenvalue weighted by atomic mass is 16.3. The molecule has 1 saturated heterocycles. The lowest BCUT2D eigenvalue weighted by Crippen LogP contribution is -2.61. The van der Waals surface area contributed by atoms with Gasteiger partial charge in [-0.2, -0.15) is 0 Å². The van der Waals surface area contributed by atoms with Crippen molar-refractivity contribution in [3.63, 3.8) is 0 Å². The van der Waals surface area contributed by atoms with E-state index in [1.165, 1.54) is 6.42 Å². The zero-order valence-electron chi connectivity index (χ0n) is 17.3. The Balaban J connectivity index is 1.73. The van der Waals surface area contributed by atoms with Gasteiger partial charge in [-0.05, 0) is 64.8 Å². The highest BCUT2D eigenvalue weighted by Gasteiger charge is 2.45. The lowest BCUT2D eigenvalue weighted by atomic mass is 9.82. The molecule has 1 aliphatic heterocycles. The number of aryl methyl sites for hydroxylation is 2. The second-order valence-electron chi connectivity index (χ2n) is 8.60. The van der Waals surface area contributed by atoms with Crippen LogP contribution in [0.15, 0.2) is 18.2 Å². The zero-order valence-corrected chi connectivity index (χ0v) is 17.3. The minimum atomic E-state index is -0.495. The van der Waals surface area contributed by atoms with Crippen molar-refractivity contribution < 1.29 is 9.90 Å². The maximum absolute atomic E-state index is 13.4. The Morgan fingerprint density at radius 1 is 1.15 bits per heavy atom. The van der Waals surface area contributed by atoms with Crippen molar-refractivity contribution in [3.8, 4) is 0 Å². The number of hydrogen-bond donors (Lipinski definition) is 2. The van der Waals surface area contributed by atoms with E-state index in [1.807, 2.05) is 46.1 Å². The summed E-state index contributed by atoms with van der Waals surface area (Å²) < 4.78 is 0. The molecule has 0 unspecified atom stereocenters. The number of hydrogen-bond acceptors (Lipinski definition) is 4. The number of carbonyl (C=O) groups excluding carboxylic acids is 1. The van der Waals surface area contributed by atoms with E-state index in [0.717, 1.165) is 62.0 Å². The molecule has 3 rings (SSSR count). The van der Waals surface area contributed by atoms with E-state index in [4.69, 9.17) is 0 Å². The molecule has 1 aliphatic carbocycles. The van der Waals surface area contributed by atoms with Crippen molar-refractivity contribution >= 4 is 11.6 Å². The third-order valence-electron chi connectivity index (χ3n) is 6.79. The Hall–Kier alpha value is -1.43. The van der Waals surface area contributed by atoms with Crippen LogP contribution in [0.25, 0.3) is 0 Å². The average molecular weight is 374 g/mol. The molecule has 2 N–H and O–H groups in total. The first kappa shape index (κ1) is 20.3. The number of nitrogens with one attached hydrogen (secondary N) is 1. The van der Waals surface area contributed by atoms with Crippen molar-refractivity contribution in [2.75, 3.05) is 32.5 Å². The van der Waals surface area contributed by atoms with Gasteiger partial charge in [-0.25, -0.2) is 0 Å². The van der Waals surface area contributed by atoms with Crippen molar-refractivity contribution in [3.05, 3.63) is 29.3 Å². The number of rotatable bonds is 4. The predicted molar refractivity (Wildman–Crippen MR) is 110 cm³/mol. The van der Waals surface area contributed by atoms with Crippen molar-refractivity contribution in [2.45, 2.75) is 70.1 Å². The summed E-state index contributed by atoms with van der Waals surface area (Å²) in [6.45, 7) is 5.80. The van der Waals surface area contributed by atoms with Gasteiger partial charge in [0, 0.05) is 24.8 Å². The minimum Gasteiger partial charge on any atom is -0.391 e. The Labute approximate surface area is 163 Å². The average Bonchev–Trinajstić information content (AvgIpc) is 2.65. The maximum Gasteiger partial charge on any atom is 0.244 e. The van der Waals surface area contributed by atoms with Gasteiger partial charge in [-0.15, -0.1) is 0 Å². The molecule has 150 valence electrons. The first-order valence-electron chi connectivity index (χ1n) is 10.3. The summed E-state index contributed by atoms with van der Waals surface area (Å²) in [6, 6.07) is 6.37. The smallest absolute Gasteiger partial charge is 0.244 e. The van der Waals surface area contributed by atoms with Gasteiger partial charge in [-0.1, -0.05) is 31.0 Å². The minimum absolute atomic E-state index is 0.0914. The number of likely N-dealkylation sites (N-methyl/N-ethyl adjacent to an activating group) is 1. The van der Waals surface area contributed by atoms with Gasteiger partial charge < -0.3 is 10.4 Å². The van der Waals surface area contributed by atoms with Crippen LogP contribution in [0.4, 0.5) is 5.69 Å². The summed E-state index contributed by atoms with van der Waals surface area (Å²) >= 11 is 0. The monoisotopic (exact) mass is 373 g/mol. The first-order valence-corrected chi connectivity index (χ1v) is 10.3. The maximum atomic E-state index is 13.4. The molecule has 0 radical (unpaired) electrons. The number of likely N-dealkylation sites (tertiary alicyclic amines) is 1. The van der Waals surface area contributed by atoms with Crippen LogP contribution in [0.5, 0.6) is 0 Å². The molecule has 0 spiro atoms. The molecule has 1 saturated carbocycles. The Morgan fingerprint density at radius 3 is 2.30 bits per heavy atom. The number of amides is 1. The van der Waals surface area contributed by atoms with Gasteiger partial charge in [0.15, 0.2) is 0 Å². The molecule has 2 aliphatic rings. The molecule has 27 heavy (non-hydrogen) atoms. The largest absolute Gasteiger partial charge is 0.391 e. The molecule has 1 aromatic carbocycles. The fraction of sp³-hybridized carbons (Fsp3) is 0.682. The van der Waals surface area contributed by atoms with Crippen LogP contribution >= 0.6 is 0 Å². The van der Waals surface area contributed by atoms with Gasteiger partial charge in [0.2, 0.25) is 5.91 Å². The van der Waals surface area contributed by atoms with Gasteiger partial charge in [0.1, 0.15) is 5.54 Å². The van der Waals surface area contributed by atoms with Gasteiger partial charge in [0.05, 0.1) is 6.10 Å². The molecular weight excluding hydrogens is 338 g/mol. The van der Waals surface area contributed by atoms with Crippen molar-refractivity contribution in [2.24, 2.45) is 0 Å². The highest BCUT2D eigenvalue weighted by Crippen LogP contribution is 2.33. The van der Waals surface area contributed by atoms with Crippen LogP contribution in [0.3, 0.4) is 0 Å². The van der Waals surface area contributed by atoms with Gasteiger partial charge in [0.25, 0.3) is 0 Å². The number of benzene rings is 1. The number of carbonyl (C=O) groups is 1. The normalized spacial score (nSPS) is 26.1. The molecule has 5 nitrogen and oxygen atoms in total. The van der Waals surface area contributed by atoms with E-state index in [9.17, 15) is 9.90 Å². The Morgan fingerprint density at radius 2 is 1.74 bits per heavy atom. The number of piperidine rings is 1. The number of nitrogens with zero attached hydrogens (tertiary/aromatic N) is 2. The van der Waals surface area contributed by atoms with Crippen LogP contribution in [0.2, 0.25) is 0 Å². The molecule has 2 fully saturated rings. The second kappa shape index (κ2) is 8.29. The molecule has 5 heteroatoms.